The second-order valence-electron chi connectivity index (χ2n) is 5.51. The number of aromatic nitrogens is 4. The van der Waals surface area contributed by atoms with Gasteiger partial charge in [0.1, 0.15) is 11.6 Å². The van der Waals surface area contributed by atoms with Crippen LogP contribution in [0.4, 0.5) is 0 Å². The highest BCUT2D eigenvalue weighted by atomic mass is 15.3. The van der Waals surface area contributed by atoms with Crippen molar-refractivity contribution in [1.82, 2.24) is 24.6 Å². The Hall–Kier alpha value is -1.62. The van der Waals surface area contributed by atoms with E-state index in [4.69, 9.17) is 0 Å². The lowest BCUT2D eigenvalue weighted by atomic mass is 10.2. The van der Waals surface area contributed by atoms with Crippen LogP contribution in [0.25, 0.3) is 5.82 Å². The molecule has 0 saturated carbocycles. The van der Waals surface area contributed by atoms with E-state index < -0.39 is 0 Å². The normalized spacial score (nSPS) is 11.5. The first-order chi connectivity index (χ1) is 9.54. The van der Waals surface area contributed by atoms with Gasteiger partial charge < -0.3 is 5.32 Å². The highest BCUT2D eigenvalue weighted by molar-refractivity contribution is 5.39. The van der Waals surface area contributed by atoms with Gasteiger partial charge in [0.2, 0.25) is 0 Å². The topological polar surface area (TPSA) is 47.7 Å². The van der Waals surface area contributed by atoms with E-state index in [0.29, 0.717) is 6.04 Å². The molecule has 0 aromatic carbocycles. The minimum absolute atomic E-state index is 0.459. The average molecular weight is 275 g/mol. The standard InChI is InChI=1S/C15H25N5/c1-6-7-14-16-8-9-20(14)15-13(10-17-11(2)3)12(4)18-19(15)5/h8-9,11,17H,6-7,10H2,1-5H3. The summed E-state index contributed by atoms with van der Waals surface area (Å²) in [6.07, 6.45) is 5.97. The molecule has 2 rings (SSSR count). The first kappa shape index (κ1) is 14.8. The number of nitrogens with one attached hydrogen (secondary N) is 1. The molecular weight excluding hydrogens is 250 g/mol. The Bertz CT molecular complexity index is 565. The number of hydrogen-bond donors (Lipinski definition) is 1. The predicted molar refractivity (Wildman–Crippen MR) is 81.0 cm³/mol. The fraction of sp³-hybridized carbons (Fsp3) is 0.600. The summed E-state index contributed by atoms with van der Waals surface area (Å²) in [5.41, 5.74) is 2.32. The quantitative estimate of drug-likeness (QED) is 0.880. The molecule has 0 aliphatic rings. The van der Waals surface area contributed by atoms with Crippen molar-refractivity contribution in [3.8, 4) is 5.82 Å². The Morgan fingerprint density at radius 2 is 2.10 bits per heavy atom. The molecule has 2 heterocycles. The van der Waals surface area contributed by atoms with Gasteiger partial charge in [-0.2, -0.15) is 5.10 Å². The summed E-state index contributed by atoms with van der Waals surface area (Å²) >= 11 is 0. The van der Waals surface area contributed by atoms with Crippen LogP contribution in [-0.2, 0) is 20.0 Å². The van der Waals surface area contributed by atoms with E-state index in [2.05, 4.69) is 47.7 Å². The van der Waals surface area contributed by atoms with Gasteiger partial charge in [-0.05, 0) is 13.3 Å². The minimum Gasteiger partial charge on any atom is -0.310 e. The van der Waals surface area contributed by atoms with E-state index in [1.54, 1.807) is 0 Å². The van der Waals surface area contributed by atoms with E-state index in [1.807, 2.05) is 24.1 Å². The molecule has 2 aromatic rings. The van der Waals surface area contributed by atoms with Gasteiger partial charge in [-0.3, -0.25) is 9.25 Å². The summed E-state index contributed by atoms with van der Waals surface area (Å²) in [6, 6.07) is 0.459. The summed E-state index contributed by atoms with van der Waals surface area (Å²) in [6.45, 7) is 9.39. The first-order valence-corrected chi connectivity index (χ1v) is 7.33. The van der Waals surface area contributed by atoms with Crippen LogP contribution in [0.1, 0.15) is 44.3 Å². The van der Waals surface area contributed by atoms with Crippen molar-refractivity contribution in [2.24, 2.45) is 7.05 Å². The third kappa shape index (κ3) is 2.93. The second-order valence-corrected chi connectivity index (χ2v) is 5.51. The number of hydrogen-bond acceptors (Lipinski definition) is 3. The third-order valence-electron chi connectivity index (χ3n) is 3.42. The number of imidazole rings is 1. The Kier molecular flexibility index (Phi) is 4.60. The van der Waals surface area contributed by atoms with Crippen molar-refractivity contribution in [3.05, 3.63) is 29.5 Å². The molecule has 0 atom stereocenters. The fourth-order valence-electron chi connectivity index (χ4n) is 2.44. The molecule has 2 aromatic heterocycles. The van der Waals surface area contributed by atoms with Crippen molar-refractivity contribution in [1.29, 1.82) is 0 Å². The van der Waals surface area contributed by atoms with Gasteiger partial charge in [0.25, 0.3) is 0 Å². The van der Waals surface area contributed by atoms with E-state index in [-0.39, 0.29) is 0 Å². The third-order valence-corrected chi connectivity index (χ3v) is 3.42. The molecule has 0 bridgehead atoms. The van der Waals surface area contributed by atoms with Crippen molar-refractivity contribution in [3.63, 3.8) is 0 Å². The van der Waals surface area contributed by atoms with Gasteiger partial charge in [0.05, 0.1) is 5.69 Å². The Morgan fingerprint density at radius 1 is 1.35 bits per heavy atom. The molecular formula is C15H25N5. The van der Waals surface area contributed by atoms with Crippen molar-refractivity contribution < 1.29 is 0 Å². The lowest BCUT2D eigenvalue weighted by molar-refractivity contribution is 0.585. The maximum Gasteiger partial charge on any atom is 0.140 e. The van der Waals surface area contributed by atoms with Crippen LogP contribution in [0.2, 0.25) is 0 Å². The molecule has 0 radical (unpaired) electrons. The van der Waals surface area contributed by atoms with E-state index >= 15 is 0 Å². The van der Waals surface area contributed by atoms with Gasteiger partial charge in [0, 0.05) is 44.0 Å². The van der Waals surface area contributed by atoms with Crippen LogP contribution in [0.15, 0.2) is 12.4 Å². The van der Waals surface area contributed by atoms with Crippen LogP contribution >= 0.6 is 0 Å². The van der Waals surface area contributed by atoms with E-state index in [9.17, 15) is 0 Å². The number of rotatable bonds is 6. The summed E-state index contributed by atoms with van der Waals surface area (Å²) in [5, 5.41) is 8.06. The monoisotopic (exact) mass is 275 g/mol. The molecule has 0 saturated heterocycles. The summed E-state index contributed by atoms with van der Waals surface area (Å²) in [4.78, 5) is 4.47. The molecule has 0 aliphatic carbocycles. The Morgan fingerprint density at radius 3 is 2.75 bits per heavy atom. The molecule has 0 fully saturated rings. The highest BCUT2D eigenvalue weighted by Crippen LogP contribution is 2.20. The molecule has 1 N–H and O–H groups in total. The molecule has 0 amide bonds. The maximum atomic E-state index is 4.57. The molecule has 5 nitrogen and oxygen atoms in total. The van der Waals surface area contributed by atoms with Gasteiger partial charge in [-0.25, -0.2) is 4.98 Å². The fourth-order valence-corrected chi connectivity index (χ4v) is 2.44. The lowest BCUT2D eigenvalue weighted by Crippen LogP contribution is -2.23. The summed E-state index contributed by atoms with van der Waals surface area (Å²) < 4.78 is 4.12. The molecule has 5 heteroatoms. The first-order valence-electron chi connectivity index (χ1n) is 7.33. The lowest BCUT2D eigenvalue weighted by Gasteiger charge is -2.13. The average Bonchev–Trinajstić information content (AvgIpc) is 2.91. The predicted octanol–water partition coefficient (Wildman–Crippen LogP) is 2.36. The van der Waals surface area contributed by atoms with Crippen molar-refractivity contribution in [2.45, 2.75) is 53.1 Å². The summed E-state index contributed by atoms with van der Waals surface area (Å²) in [5.74, 6) is 2.22. The summed E-state index contributed by atoms with van der Waals surface area (Å²) in [7, 11) is 2.00. The smallest absolute Gasteiger partial charge is 0.140 e. The van der Waals surface area contributed by atoms with Crippen LogP contribution in [0.3, 0.4) is 0 Å². The van der Waals surface area contributed by atoms with E-state index in [1.165, 1.54) is 5.56 Å². The van der Waals surface area contributed by atoms with Crippen molar-refractivity contribution in [2.75, 3.05) is 0 Å². The van der Waals surface area contributed by atoms with Gasteiger partial charge in [-0.15, -0.1) is 0 Å². The van der Waals surface area contributed by atoms with Crippen LogP contribution in [0, 0.1) is 6.92 Å². The Balaban J connectivity index is 2.41. The van der Waals surface area contributed by atoms with Gasteiger partial charge in [-0.1, -0.05) is 20.8 Å². The zero-order chi connectivity index (χ0) is 14.7. The molecule has 0 unspecified atom stereocenters. The van der Waals surface area contributed by atoms with E-state index in [0.717, 1.165) is 36.7 Å². The maximum absolute atomic E-state index is 4.57. The molecule has 20 heavy (non-hydrogen) atoms. The zero-order valence-corrected chi connectivity index (χ0v) is 13.1. The van der Waals surface area contributed by atoms with Crippen LogP contribution < -0.4 is 5.32 Å². The van der Waals surface area contributed by atoms with Gasteiger partial charge in [0.15, 0.2) is 0 Å². The molecule has 110 valence electrons. The Labute approximate surface area is 121 Å². The minimum atomic E-state index is 0.459. The molecule has 0 aliphatic heterocycles. The zero-order valence-electron chi connectivity index (χ0n) is 13.1. The molecule has 0 spiro atoms. The van der Waals surface area contributed by atoms with Gasteiger partial charge >= 0.3 is 0 Å². The number of nitrogens with zero attached hydrogens (tertiary/aromatic N) is 4. The second kappa shape index (κ2) is 6.22. The largest absolute Gasteiger partial charge is 0.310 e. The van der Waals surface area contributed by atoms with Crippen LogP contribution in [0.5, 0.6) is 0 Å². The highest BCUT2D eigenvalue weighted by Gasteiger charge is 2.17. The van der Waals surface area contributed by atoms with Crippen molar-refractivity contribution >= 4 is 0 Å². The number of aryl methyl sites for hydroxylation is 3. The van der Waals surface area contributed by atoms with Crippen LogP contribution in [-0.4, -0.2) is 25.4 Å². The SMILES string of the molecule is CCCc1nccn1-c1c(CNC(C)C)c(C)nn1C.